The largest absolute Gasteiger partial charge is 0.388 e. The molecular formula is C10H19N3O. The van der Waals surface area contributed by atoms with Crippen molar-refractivity contribution in [1.29, 1.82) is 0 Å². The van der Waals surface area contributed by atoms with Gasteiger partial charge in [0.2, 0.25) is 0 Å². The van der Waals surface area contributed by atoms with Crippen LogP contribution in [0.25, 0.3) is 0 Å². The van der Waals surface area contributed by atoms with Crippen LogP contribution in [0.1, 0.15) is 36.4 Å². The van der Waals surface area contributed by atoms with Crippen molar-refractivity contribution in [1.82, 2.24) is 9.78 Å². The number of rotatable bonds is 4. The molecule has 0 radical (unpaired) electrons. The van der Waals surface area contributed by atoms with Gasteiger partial charge in [0.05, 0.1) is 11.8 Å². The second-order valence-electron chi connectivity index (χ2n) is 3.49. The molecule has 3 N–H and O–H groups in total. The van der Waals surface area contributed by atoms with Gasteiger partial charge < -0.3 is 10.8 Å². The van der Waals surface area contributed by atoms with Crippen LogP contribution in [0.2, 0.25) is 0 Å². The summed E-state index contributed by atoms with van der Waals surface area (Å²) in [6.07, 6.45) is 0.122. The molecule has 4 nitrogen and oxygen atoms in total. The van der Waals surface area contributed by atoms with Gasteiger partial charge in [-0.05, 0) is 33.7 Å². The molecule has 0 aliphatic carbocycles. The summed E-state index contributed by atoms with van der Waals surface area (Å²) < 4.78 is 1.91. The third-order valence-corrected chi connectivity index (χ3v) is 2.51. The SMILES string of the molecule is CCn1nc(C)c(C(O)CCN)c1C. The molecule has 1 rings (SSSR count). The Hall–Kier alpha value is -0.870. The Balaban J connectivity index is 3.01. The molecule has 1 atom stereocenters. The van der Waals surface area contributed by atoms with Gasteiger partial charge in [0.1, 0.15) is 0 Å². The number of hydrogen-bond donors (Lipinski definition) is 2. The fourth-order valence-electron chi connectivity index (χ4n) is 1.80. The third kappa shape index (κ3) is 1.96. The van der Waals surface area contributed by atoms with E-state index >= 15 is 0 Å². The maximum atomic E-state index is 9.86. The summed E-state index contributed by atoms with van der Waals surface area (Å²) >= 11 is 0. The maximum Gasteiger partial charge on any atom is 0.0837 e. The van der Waals surface area contributed by atoms with Crippen LogP contribution < -0.4 is 5.73 Å². The van der Waals surface area contributed by atoms with Gasteiger partial charge in [-0.25, -0.2) is 0 Å². The topological polar surface area (TPSA) is 64.1 Å². The minimum atomic E-state index is -0.472. The Morgan fingerprint density at radius 1 is 1.50 bits per heavy atom. The van der Waals surface area contributed by atoms with Crippen molar-refractivity contribution in [2.24, 2.45) is 5.73 Å². The first kappa shape index (κ1) is 11.2. The summed E-state index contributed by atoms with van der Waals surface area (Å²) in [5, 5.41) is 14.2. The highest BCUT2D eigenvalue weighted by molar-refractivity contribution is 5.26. The number of nitrogens with zero attached hydrogens (tertiary/aromatic N) is 2. The van der Waals surface area contributed by atoms with Crippen LogP contribution in [0.15, 0.2) is 0 Å². The van der Waals surface area contributed by atoms with Crippen LogP contribution in [0.4, 0.5) is 0 Å². The smallest absolute Gasteiger partial charge is 0.0837 e. The number of nitrogens with two attached hydrogens (primary N) is 1. The first-order valence-electron chi connectivity index (χ1n) is 5.03. The van der Waals surface area contributed by atoms with Crippen molar-refractivity contribution in [2.75, 3.05) is 6.54 Å². The fourth-order valence-corrected chi connectivity index (χ4v) is 1.80. The molecule has 0 aliphatic heterocycles. The molecule has 0 fully saturated rings. The van der Waals surface area contributed by atoms with Gasteiger partial charge in [0, 0.05) is 17.8 Å². The summed E-state index contributed by atoms with van der Waals surface area (Å²) in [4.78, 5) is 0. The molecule has 0 saturated heterocycles. The number of aliphatic hydroxyl groups is 1. The summed E-state index contributed by atoms with van der Waals surface area (Å²) in [6.45, 7) is 7.28. The molecule has 80 valence electrons. The number of aryl methyl sites for hydroxylation is 2. The quantitative estimate of drug-likeness (QED) is 0.753. The Labute approximate surface area is 84.7 Å². The average molecular weight is 197 g/mol. The number of aromatic nitrogens is 2. The summed E-state index contributed by atoms with van der Waals surface area (Å²) in [7, 11) is 0. The lowest BCUT2D eigenvalue weighted by Crippen LogP contribution is -2.08. The lowest BCUT2D eigenvalue weighted by Gasteiger charge is -2.09. The minimum absolute atomic E-state index is 0.472. The van der Waals surface area contributed by atoms with E-state index in [1.54, 1.807) is 0 Å². The van der Waals surface area contributed by atoms with Crippen molar-refractivity contribution < 1.29 is 5.11 Å². The highest BCUT2D eigenvalue weighted by Crippen LogP contribution is 2.23. The van der Waals surface area contributed by atoms with E-state index < -0.39 is 6.10 Å². The molecule has 0 spiro atoms. The van der Waals surface area contributed by atoms with E-state index in [4.69, 9.17) is 5.73 Å². The molecule has 0 saturated carbocycles. The van der Waals surface area contributed by atoms with Crippen LogP contribution >= 0.6 is 0 Å². The van der Waals surface area contributed by atoms with Crippen molar-refractivity contribution in [3.05, 3.63) is 17.0 Å². The van der Waals surface area contributed by atoms with Crippen LogP contribution in [-0.2, 0) is 6.54 Å². The zero-order valence-corrected chi connectivity index (χ0v) is 9.12. The molecular weight excluding hydrogens is 178 g/mol. The highest BCUT2D eigenvalue weighted by atomic mass is 16.3. The molecule has 1 aromatic heterocycles. The van der Waals surface area contributed by atoms with Crippen molar-refractivity contribution in [3.63, 3.8) is 0 Å². The Morgan fingerprint density at radius 2 is 2.14 bits per heavy atom. The molecule has 1 aromatic rings. The van der Waals surface area contributed by atoms with Gasteiger partial charge in [0.15, 0.2) is 0 Å². The van der Waals surface area contributed by atoms with Gasteiger partial charge in [0.25, 0.3) is 0 Å². The van der Waals surface area contributed by atoms with Crippen molar-refractivity contribution in [2.45, 2.75) is 39.8 Å². The lowest BCUT2D eigenvalue weighted by molar-refractivity contribution is 0.169. The van der Waals surface area contributed by atoms with Crippen molar-refractivity contribution in [3.8, 4) is 0 Å². The molecule has 0 amide bonds. The molecule has 1 heterocycles. The van der Waals surface area contributed by atoms with E-state index in [-0.39, 0.29) is 0 Å². The second-order valence-corrected chi connectivity index (χ2v) is 3.49. The van der Waals surface area contributed by atoms with Gasteiger partial charge in [-0.2, -0.15) is 5.10 Å². The predicted molar refractivity (Wildman–Crippen MR) is 56.0 cm³/mol. The maximum absolute atomic E-state index is 9.86. The second kappa shape index (κ2) is 4.57. The lowest BCUT2D eigenvalue weighted by atomic mass is 10.1. The molecule has 14 heavy (non-hydrogen) atoms. The Morgan fingerprint density at radius 3 is 2.57 bits per heavy atom. The number of hydrogen-bond acceptors (Lipinski definition) is 3. The Bertz CT molecular complexity index is 307. The van der Waals surface area contributed by atoms with E-state index in [1.807, 2.05) is 25.5 Å². The van der Waals surface area contributed by atoms with Crippen LogP contribution in [0.3, 0.4) is 0 Å². The van der Waals surface area contributed by atoms with Gasteiger partial charge in [-0.15, -0.1) is 0 Å². The standard InChI is InChI=1S/C10H19N3O/c1-4-13-8(3)10(7(2)12-13)9(14)5-6-11/h9,14H,4-6,11H2,1-3H3. The summed E-state index contributed by atoms with van der Waals surface area (Å²) in [5.74, 6) is 0. The first-order valence-corrected chi connectivity index (χ1v) is 5.03. The predicted octanol–water partition coefficient (Wildman–Crippen LogP) is 0.902. The molecule has 0 aromatic carbocycles. The van der Waals surface area contributed by atoms with Crippen LogP contribution in [-0.4, -0.2) is 21.4 Å². The third-order valence-electron chi connectivity index (χ3n) is 2.51. The van der Waals surface area contributed by atoms with Crippen LogP contribution in [0, 0.1) is 13.8 Å². The van der Waals surface area contributed by atoms with E-state index in [0.717, 1.165) is 23.5 Å². The normalized spacial score (nSPS) is 13.2. The van der Waals surface area contributed by atoms with Crippen LogP contribution in [0.5, 0.6) is 0 Å². The minimum Gasteiger partial charge on any atom is -0.388 e. The van der Waals surface area contributed by atoms with Crippen molar-refractivity contribution >= 4 is 0 Å². The molecule has 4 heteroatoms. The van der Waals surface area contributed by atoms with E-state index in [2.05, 4.69) is 5.10 Å². The molecule has 0 bridgehead atoms. The van der Waals surface area contributed by atoms with Gasteiger partial charge in [-0.3, -0.25) is 4.68 Å². The van der Waals surface area contributed by atoms with Gasteiger partial charge in [-0.1, -0.05) is 0 Å². The average Bonchev–Trinajstić information content (AvgIpc) is 2.41. The van der Waals surface area contributed by atoms with E-state index in [0.29, 0.717) is 13.0 Å². The van der Waals surface area contributed by atoms with E-state index in [9.17, 15) is 5.11 Å². The summed E-state index contributed by atoms with van der Waals surface area (Å²) in [5.41, 5.74) is 8.32. The zero-order valence-electron chi connectivity index (χ0n) is 9.12. The van der Waals surface area contributed by atoms with Gasteiger partial charge >= 0.3 is 0 Å². The fraction of sp³-hybridized carbons (Fsp3) is 0.700. The zero-order chi connectivity index (χ0) is 10.7. The Kier molecular flexibility index (Phi) is 3.66. The number of aliphatic hydroxyl groups excluding tert-OH is 1. The van der Waals surface area contributed by atoms with E-state index in [1.165, 1.54) is 0 Å². The first-order chi connectivity index (χ1) is 6.61. The molecule has 1 unspecified atom stereocenters. The molecule has 0 aliphatic rings. The highest BCUT2D eigenvalue weighted by Gasteiger charge is 2.17. The monoisotopic (exact) mass is 197 g/mol. The summed E-state index contributed by atoms with van der Waals surface area (Å²) in [6, 6.07) is 0.